The predicted molar refractivity (Wildman–Crippen MR) is 136 cm³/mol. The fraction of sp³-hybridized carbons (Fsp3) is 0.423. The van der Waals surface area contributed by atoms with Crippen LogP contribution >= 0.6 is 15.9 Å². The minimum atomic E-state index is -0.388. The van der Waals surface area contributed by atoms with Gasteiger partial charge < -0.3 is 24.1 Å². The maximum atomic E-state index is 13.3. The summed E-state index contributed by atoms with van der Waals surface area (Å²) in [5.41, 5.74) is 1.43. The zero-order valence-electron chi connectivity index (χ0n) is 20.3. The number of hydrogen-bond acceptors (Lipinski definition) is 7. The van der Waals surface area contributed by atoms with E-state index < -0.39 is 0 Å². The molecule has 0 saturated heterocycles. The van der Waals surface area contributed by atoms with Gasteiger partial charge in [0.25, 0.3) is 0 Å². The molecule has 1 N–H and O–H groups in total. The largest absolute Gasteiger partial charge is 0.507 e. The fourth-order valence-electron chi connectivity index (χ4n) is 3.53. The summed E-state index contributed by atoms with van der Waals surface area (Å²) in [5.74, 6) is 0.0206. The van der Waals surface area contributed by atoms with E-state index in [1.165, 1.54) is 20.3 Å². The topological polar surface area (TPSA) is 77.5 Å². The number of nitrogens with zero attached hydrogens (tertiary/aromatic N) is 1. The van der Waals surface area contributed by atoms with Crippen LogP contribution in [0.15, 0.2) is 40.9 Å². The first-order valence-corrected chi connectivity index (χ1v) is 12.1. The monoisotopic (exact) mass is 535 g/mol. The highest BCUT2D eigenvalue weighted by atomic mass is 79.9. The van der Waals surface area contributed by atoms with Gasteiger partial charge in [-0.25, -0.2) is 0 Å². The van der Waals surface area contributed by atoms with Gasteiger partial charge in [0.2, 0.25) is 0 Å². The van der Waals surface area contributed by atoms with E-state index >= 15 is 0 Å². The molecule has 34 heavy (non-hydrogen) atoms. The first kappa shape index (κ1) is 27.9. The first-order chi connectivity index (χ1) is 16.4. The number of allylic oxidation sites excluding steroid dienone is 1. The molecule has 0 spiro atoms. The van der Waals surface area contributed by atoms with Crippen molar-refractivity contribution in [2.75, 3.05) is 40.9 Å². The van der Waals surface area contributed by atoms with E-state index in [2.05, 4.69) is 34.7 Å². The van der Waals surface area contributed by atoms with Crippen LogP contribution in [0.4, 0.5) is 0 Å². The third-order valence-corrected chi connectivity index (χ3v) is 5.47. The molecule has 0 heterocycles. The molecule has 0 aliphatic heterocycles. The Morgan fingerprint density at radius 1 is 1.03 bits per heavy atom. The molecule has 2 aromatic rings. The number of phenolic OH excluding ortho intramolecular Hbond substituents is 1. The molecule has 0 aliphatic rings. The Hall–Kier alpha value is -2.39. The van der Waals surface area contributed by atoms with Crippen molar-refractivity contribution in [3.63, 3.8) is 0 Å². The van der Waals surface area contributed by atoms with Crippen molar-refractivity contribution >= 4 is 27.8 Å². The Labute approximate surface area is 210 Å². The predicted octanol–water partition coefficient (Wildman–Crippen LogP) is 5.64. The zero-order valence-corrected chi connectivity index (χ0v) is 21.9. The third kappa shape index (κ3) is 8.13. The highest BCUT2D eigenvalue weighted by Crippen LogP contribution is 2.40. The molecular weight excluding hydrogens is 502 g/mol. The van der Waals surface area contributed by atoms with E-state index in [0.717, 1.165) is 36.0 Å². The second kappa shape index (κ2) is 14.8. The summed E-state index contributed by atoms with van der Waals surface area (Å²) in [4.78, 5) is 15.5. The van der Waals surface area contributed by atoms with Crippen LogP contribution in [0.1, 0.15) is 48.2 Å². The second-order valence-corrected chi connectivity index (χ2v) is 8.62. The van der Waals surface area contributed by atoms with E-state index in [4.69, 9.17) is 18.9 Å². The van der Waals surface area contributed by atoms with Crippen molar-refractivity contribution in [3.8, 4) is 17.2 Å². The van der Waals surface area contributed by atoms with Crippen LogP contribution in [0.2, 0.25) is 0 Å². The van der Waals surface area contributed by atoms with E-state index in [-0.39, 0.29) is 36.4 Å². The summed E-state index contributed by atoms with van der Waals surface area (Å²) in [5, 5.41) is 11.3. The number of carbonyl (C=O) groups is 1. The molecule has 0 fully saturated rings. The molecule has 7 nitrogen and oxygen atoms in total. The minimum absolute atomic E-state index is 0.00616. The molecule has 0 saturated carbocycles. The molecule has 0 atom stereocenters. The number of ketones is 1. The van der Waals surface area contributed by atoms with E-state index in [9.17, 15) is 9.90 Å². The first-order valence-electron chi connectivity index (χ1n) is 11.3. The molecule has 0 aliphatic carbocycles. The number of ether oxygens (including phenoxy) is 4. The minimum Gasteiger partial charge on any atom is -0.507 e. The standard InChI is InChI=1S/C26H34BrNO6/c1-5-12-28(13-6-2)16-21-23(33-17-31-3)15-24(34-18-32-4)25(26(21)30)22(29)11-10-19-8-7-9-20(27)14-19/h7-11,14-15,30H,5-6,12-13,16-18H2,1-4H3/b11-10+. The number of benzene rings is 2. The quantitative estimate of drug-likeness (QED) is 0.179. The summed E-state index contributed by atoms with van der Waals surface area (Å²) in [7, 11) is 3.01. The summed E-state index contributed by atoms with van der Waals surface area (Å²) < 4.78 is 22.4. The van der Waals surface area contributed by atoms with Gasteiger partial charge in [0.05, 0.1) is 5.56 Å². The van der Waals surface area contributed by atoms with Crippen LogP contribution in [-0.4, -0.2) is 56.7 Å². The van der Waals surface area contributed by atoms with E-state index in [1.54, 1.807) is 12.1 Å². The Morgan fingerprint density at radius 3 is 2.26 bits per heavy atom. The number of aromatic hydroxyl groups is 1. The summed E-state index contributed by atoms with van der Waals surface area (Å²) in [6.45, 7) is 6.24. The van der Waals surface area contributed by atoms with Crippen molar-refractivity contribution in [2.24, 2.45) is 0 Å². The van der Waals surface area contributed by atoms with Gasteiger partial charge in [-0.1, -0.05) is 48.0 Å². The van der Waals surface area contributed by atoms with Crippen LogP contribution in [0.3, 0.4) is 0 Å². The number of carbonyl (C=O) groups excluding carboxylic acids is 1. The Morgan fingerprint density at radius 2 is 1.68 bits per heavy atom. The maximum Gasteiger partial charge on any atom is 0.193 e. The number of rotatable bonds is 15. The molecule has 0 bridgehead atoms. The lowest BCUT2D eigenvalue weighted by Crippen LogP contribution is -2.25. The van der Waals surface area contributed by atoms with Crippen molar-refractivity contribution < 1.29 is 28.8 Å². The summed E-state index contributed by atoms with van der Waals surface area (Å²) in [6, 6.07) is 9.19. The summed E-state index contributed by atoms with van der Waals surface area (Å²) in [6.07, 6.45) is 5.05. The van der Waals surface area contributed by atoms with Crippen molar-refractivity contribution in [2.45, 2.75) is 33.2 Å². The lowest BCUT2D eigenvalue weighted by molar-refractivity contribution is 0.0444. The Bertz CT molecular complexity index is 957. The lowest BCUT2D eigenvalue weighted by Gasteiger charge is -2.24. The normalized spacial score (nSPS) is 11.4. The fourth-order valence-corrected chi connectivity index (χ4v) is 3.95. The van der Waals surface area contributed by atoms with Crippen molar-refractivity contribution in [3.05, 3.63) is 57.6 Å². The van der Waals surface area contributed by atoms with Crippen LogP contribution in [0.25, 0.3) is 6.08 Å². The lowest BCUT2D eigenvalue weighted by atomic mass is 10.0. The average Bonchev–Trinajstić information content (AvgIpc) is 2.82. The van der Waals surface area contributed by atoms with E-state index in [0.29, 0.717) is 17.9 Å². The highest BCUT2D eigenvalue weighted by molar-refractivity contribution is 9.10. The molecule has 0 unspecified atom stereocenters. The summed E-state index contributed by atoms with van der Waals surface area (Å²) >= 11 is 3.43. The highest BCUT2D eigenvalue weighted by Gasteiger charge is 2.25. The van der Waals surface area contributed by atoms with Gasteiger partial charge in [-0.2, -0.15) is 0 Å². The molecule has 0 aromatic heterocycles. The van der Waals surface area contributed by atoms with Crippen LogP contribution in [-0.2, 0) is 16.0 Å². The van der Waals surface area contributed by atoms with Gasteiger partial charge >= 0.3 is 0 Å². The van der Waals surface area contributed by atoms with Gasteiger partial charge in [0, 0.05) is 31.3 Å². The number of methoxy groups -OCH3 is 2. The average molecular weight is 536 g/mol. The zero-order chi connectivity index (χ0) is 24.9. The van der Waals surface area contributed by atoms with Crippen molar-refractivity contribution in [1.29, 1.82) is 0 Å². The maximum absolute atomic E-state index is 13.3. The third-order valence-electron chi connectivity index (χ3n) is 4.98. The van der Waals surface area contributed by atoms with Gasteiger partial charge in [0.15, 0.2) is 19.4 Å². The number of phenols is 1. The SMILES string of the molecule is CCCN(CCC)Cc1c(OCOC)cc(OCOC)c(C(=O)/C=C/c2cccc(Br)c2)c1O. The van der Waals surface area contributed by atoms with Crippen LogP contribution in [0, 0.1) is 0 Å². The van der Waals surface area contributed by atoms with Crippen molar-refractivity contribution in [1.82, 2.24) is 4.90 Å². The van der Waals surface area contributed by atoms with Crippen LogP contribution < -0.4 is 9.47 Å². The molecule has 186 valence electrons. The molecule has 2 rings (SSSR count). The Balaban J connectivity index is 2.54. The van der Waals surface area contributed by atoms with Gasteiger partial charge in [-0.3, -0.25) is 9.69 Å². The molecule has 2 aromatic carbocycles. The Kier molecular flexibility index (Phi) is 12.1. The van der Waals surface area contributed by atoms with Gasteiger partial charge in [-0.15, -0.1) is 0 Å². The number of hydrogen-bond donors (Lipinski definition) is 1. The molecule has 0 radical (unpaired) electrons. The second-order valence-electron chi connectivity index (χ2n) is 7.71. The molecule has 8 heteroatoms. The molecular formula is C26H34BrNO6. The number of halogens is 1. The van der Waals surface area contributed by atoms with E-state index in [1.807, 2.05) is 24.3 Å². The van der Waals surface area contributed by atoms with Crippen LogP contribution in [0.5, 0.6) is 17.2 Å². The van der Waals surface area contributed by atoms with Gasteiger partial charge in [-0.05, 0) is 49.7 Å². The smallest absolute Gasteiger partial charge is 0.193 e. The van der Waals surface area contributed by atoms with Gasteiger partial charge in [0.1, 0.15) is 22.8 Å². The molecule has 0 amide bonds.